The molecule has 11 heteroatoms. The topological polar surface area (TPSA) is 146 Å². The minimum Gasteiger partial charge on any atom is -0.477 e. The Labute approximate surface area is 256 Å². The maximum Gasteiger partial charge on any atom is 0.337 e. The summed E-state index contributed by atoms with van der Waals surface area (Å²) in [6.45, 7) is 7.60. The number of ether oxygens (including phenoxy) is 3. The van der Waals surface area contributed by atoms with Crippen LogP contribution < -0.4 is 10.1 Å². The monoisotopic (exact) mass is 602 g/mol. The van der Waals surface area contributed by atoms with Gasteiger partial charge in [-0.15, -0.1) is 5.10 Å². The zero-order valence-electron chi connectivity index (χ0n) is 25.4. The van der Waals surface area contributed by atoms with Crippen LogP contribution in [-0.2, 0) is 19.1 Å². The number of rotatable bonds is 14. The van der Waals surface area contributed by atoms with Crippen LogP contribution in [0.4, 0.5) is 5.69 Å². The number of esters is 2. The van der Waals surface area contributed by atoms with Gasteiger partial charge >= 0.3 is 11.9 Å². The van der Waals surface area contributed by atoms with Gasteiger partial charge in [-0.2, -0.15) is 0 Å². The molecule has 0 aliphatic carbocycles. The Hall–Kier alpha value is -4.93. The van der Waals surface area contributed by atoms with Crippen molar-refractivity contribution in [3.05, 3.63) is 98.9 Å². The summed E-state index contributed by atoms with van der Waals surface area (Å²) in [5.41, 5.74) is 3.66. The fourth-order valence-corrected chi connectivity index (χ4v) is 5.08. The Morgan fingerprint density at radius 3 is 2.27 bits per heavy atom. The van der Waals surface area contributed by atoms with E-state index in [2.05, 4.69) is 15.5 Å². The molecule has 4 rings (SSSR count). The molecule has 1 aliphatic rings. The van der Waals surface area contributed by atoms with E-state index in [0.29, 0.717) is 35.9 Å². The normalized spacial score (nSPS) is 14.8. The number of allylic oxidation sites excluding steroid dienone is 2. The molecule has 2 heterocycles. The van der Waals surface area contributed by atoms with E-state index >= 15 is 0 Å². The molecule has 11 nitrogen and oxygen atoms in total. The Balaban J connectivity index is 1.32. The smallest absolute Gasteiger partial charge is 0.337 e. The number of unbranched alkanes of at least 4 members (excludes halogenated alkanes) is 3. The van der Waals surface area contributed by atoms with Crippen LogP contribution in [0.3, 0.4) is 0 Å². The third-order valence-corrected chi connectivity index (χ3v) is 7.12. The van der Waals surface area contributed by atoms with Gasteiger partial charge in [0.15, 0.2) is 0 Å². The highest BCUT2D eigenvalue weighted by Gasteiger charge is 2.38. The Bertz CT molecular complexity index is 1540. The number of nitro benzene ring substituents is 1. The van der Waals surface area contributed by atoms with Gasteiger partial charge in [-0.25, -0.2) is 9.59 Å². The second-order valence-electron chi connectivity index (χ2n) is 10.8. The van der Waals surface area contributed by atoms with Crippen LogP contribution in [0.1, 0.15) is 64.9 Å². The molecule has 1 unspecified atom stereocenters. The summed E-state index contributed by atoms with van der Waals surface area (Å²) in [6.07, 6.45) is 2.76. The van der Waals surface area contributed by atoms with E-state index in [-0.39, 0.29) is 23.4 Å². The largest absolute Gasteiger partial charge is 0.477 e. The molecular formula is C33H38N4O7. The highest BCUT2D eigenvalue weighted by molar-refractivity contribution is 6.00. The van der Waals surface area contributed by atoms with Crippen molar-refractivity contribution in [3.63, 3.8) is 0 Å². The van der Waals surface area contributed by atoms with Crippen molar-refractivity contribution in [2.24, 2.45) is 0 Å². The third-order valence-electron chi connectivity index (χ3n) is 7.12. The molecule has 232 valence electrons. The number of nitrogens with one attached hydrogen (secondary N) is 2. The number of carbonyl (C=O) groups excluding carboxylic acids is 2. The highest BCUT2D eigenvalue weighted by Crippen LogP contribution is 2.40. The summed E-state index contributed by atoms with van der Waals surface area (Å²) >= 11 is 0. The van der Waals surface area contributed by atoms with Crippen molar-refractivity contribution in [3.8, 4) is 17.1 Å². The van der Waals surface area contributed by atoms with Crippen LogP contribution in [0.2, 0.25) is 0 Å². The third kappa shape index (κ3) is 8.12. The van der Waals surface area contributed by atoms with Crippen LogP contribution in [0.5, 0.6) is 5.88 Å². The predicted octanol–water partition coefficient (Wildman–Crippen LogP) is 6.35. The zero-order valence-corrected chi connectivity index (χ0v) is 25.4. The molecule has 0 radical (unpaired) electrons. The van der Waals surface area contributed by atoms with Crippen molar-refractivity contribution in [1.82, 2.24) is 15.5 Å². The summed E-state index contributed by atoms with van der Waals surface area (Å²) in [4.78, 5) is 37.6. The lowest BCUT2D eigenvalue weighted by Gasteiger charge is -2.30. The fourth-order valence-electron chi connectivity index (χ4n) is 5.08. The lowest BCUT2D eigenvalue weighted by atomic mass is 9.80. The number of hydrogen-bond acceptors (Lipinski definition) is 9. The molecule has 0 saturated heterocycles. The molecule has 1 aromatic heterocycles. The quantitative estimate of drug-likeness (QED) is 0.0932. The Morgan fingerprint density at radius 2 is 1.59 bits per heavy atom. The Morgan fingerprint density at radius 1 is 0.909 bits per heavy atom. The van der Waals surface area contributed by atoms with Crippen LogP contribution in [-0.4, -0.2) is 46.4 Å². The maximum absolute atomic E-state index is 13.4. The first kappa shape index (κ1) is 32.0. The number of aromatic nitrogens is 2. The molecule has 2 N–H and O–H groups in total. The van der Waals surface area contributed by atoms with Gasteiger partial charge in [0.2, 0.25) is 5.88 Å². The number of benzene rings is 2. The van der Waals surface area contributed by atoms with Crippen LogP contribution in [0.25, 0.3) is 11.3 Å². The van der Waals surface area contributed by atoms with E-state index in [1.807, 2.05) is 36.4 Å². The molecule has 0 amide bonds. The zero-order chi connectivity index (χ0) is 31.6. The van der Waals surface area contributed by atoms with Gasteiger partial charge in [-0.1, -0.05) is 42.5 Å². The van der Waals surface area contributed by atoms with Crippen molar-refractivity contribution >= 4 is 17.6 Å². The number of carbonyl (C=O) groups is 2. The highest BCUT2D eigenvalue weighted by atomic mass is 16.6. The number of non-ortho nitro benzene ring substituents is 1. The van der Waals surface area contributed by atoms with Gasteiger partial charge < -0.3 is 19.5 Å². The first-order chi connectivity index (χ1) is 21.2. The number of aromatic amines is 1. The SMILES string of the molecule is CC1=C(C(=O)OCCCCCCOc2cc(-c3ccccc3)[nH]n2)C(c2cccc([N+](=O)[O-])c2)C(C(=O)OC(C)C)=C(C)N1. The van der Waals surface area contributed by atoms with Crippen molar-refractivity contribution in [1.29, 1.82) is 0 Å². The van der Waals surface area contributed by atoms with E-state index in [1.165, 1.54) is 18.2 Å². The minimum absolute atomic E-state index is 0.145. The first-order valence-corrected chi connectivity index (χ1v) is 14.7. The van der Waals surface area contributed by atoms with Crippen molar-refractivity contribution in [2.45, 2.75) is 65.4 Å². The Kier molecular flexibility index (Phi) is 10.9. The molecule has 3 aromatic rings. The molecule has 1 aliphatic heterocycles. The van der Waals surface area contributed by atoms with E-state index in [0.717, 1.165) is 30.5 Å². The number of hydrogen-bond donors (Lipinski definition) is 2. The predicted molar refractivity (Wildman–Crippen MR) is 165 cm³/mol. The molecule has 0 spiro atoms. The number of nitrogens with zero attached hydrogens (tertiary/aromatic N) is 2. The average molecular weight is 603 g/mol. The van der Waals surface area contributed by atoms with E-state index < -0.39 is 28.9 Å². The van der Waals surface area contributed by atoms with E-state index in [1.54, 1.807) is 33.8 Å². The van der Waals surface area contributed by atoms with Gasteiger partial charge in [0.1, 0.15) is 0 Å². The summed E-state index contributed by atoms with van der Waals surface area (Å²) in [7, 11) is 0. The van der Waals surface area contributed by atoms with Crippen LogP contribution in [0.15, 0.2) is 83.2 Å². The lowest BCUT2D eigenvalue weighted by Crippen LogP contribution is -2.33. The van der Waals surface area contributed by atoms with Crippen molar-refractivity contribution < 1.29 is 28.7 Å². The standard InChI is InChI=1S/C33H38N4O7/c1-21(2)44-33(39)30-23(4)34-22(3)29(31(30)25-15-12-16-26(19-25)37(40)41)32(38)43-18-11-6-5-10-17-42-28-20-27(35-36-28)24-13-8-7-9-14-24/h7-9,12-16,19-21,31,34H,5-6,10-11,17-18H2,1-4H3,(H,35,36). The van der Waals surface area contributed by atoms with Gasteiger partial charge in [-0.3, -0.25) is 15.2 Å². The second kappa shape index (κ2) is 15.0. The van der Waals surface area contributed by atoms with Gasteiger partial charge in [0.05, 0.1) is 47.0 Å². The summed E-state index contributed by atoms with van der Waals surface area (Å²) < 4.78 is 16.9. The van der Waals surface area contributed by atoms with Gasteiger partial charge in [0.25, 0.3) is 5.69 Å². The van der Waals surface area contributed by atoms with E-state index in [9.17, 15) is 19.7 Å². The first-order valence-electron chi connectivity index (χ1n) is 14.7. The molecular weight excluding hydrogens is 564 g/mol. The molecule has 1 atom stereocenters. The maximum atomic E-state index is 13.4. The number of nitro groups is 1. The fraction of sp³-hybridized carbons (Fsp3) is 0.364. The molecule has 44 heavy (non-hydrogen) atoms. The lowest BCUT2D eigenvalue weighted by molar-refractivity contribution is -0.384. The minimum atomic E-state index is -0.892. The van der Waals surface area contributed by atoms with Crippen LogP contribution >= 0.6 is 0 Å². The molecule has 2 aromatic carbocycles. The molecule has 0 fully saturated rings. The van der Waals surface area contributed by atoms with Crippen molar-refractivity contribution in [2.75, 3.05) is 13.2 Å². The van der Waals surface area contributed by atoms with Gasteiger partial charge in [0, 0.05) is 29.6 Å². The summed E-state index contributed by atoms with van der Waals surface area (Å²) in [5, 5.41) is 21.8. The number of dihydropyridines is 1. The molecule has 0 bridgehead atoms. The average Bonchev–Trinajstić information content (AvgIpc) is 3.47. The summed E-state index contributed by atoms with van der Waals surface area (Å²) in [5.74, 6) is -1.55. The second-order valence-corrected chi connectivity index (χ2v) is 10.8. The van der Waals surface area contributed by atoms with Crippen LogP contribution in [0, 0.1) is 10.1 Å². The summed E-state index contributed by atoms with van der Waals surface area (Å²) in [6, 6.07) is 17.7. The number of H-pyrrole nitrogens is 1. The van der Waals surface area contributed by atoms with Gasteiger partial charge in [-0.05, 0) is 64.5 Å². The van der Waals surface area contributed by atoms with E-state index in [4.69, 9.17) is 14.2 Å². The molecule has 0 saturated carbocycles.